The number of nitrogens with zero attached hydrogens (tertiary/aromatic N) is 1. The average molecular weight is 184 g/mol. The maximum atomic E-state index is 9.26. The van der Waals surface area contributed by atoms with Crippen molar-refractivity contribution < 1.29 is 5.11 Å². The van der Waals surface area contributed by atoms with Gasteiger partial charge in [0.05, 0.1) is 6.61 Å². The Labute approximate surface area is 79.9 Å². The van der Waals surface area contributed by atoms with Crippen LogP contribution >= 0.6 is 0 Å². The van der Waals surface area contributed by atoms with Gasteiger partial charge in [-0.2, -0.15) is 0 Å². The third-order valence-electron chi connectivity index (χ3n) is 3.67. The summed E-state index contributed by atoms with van der Waals surface area (Å²) in [5.74, 6) is 0.887. The van der Waals surface area contributed by atoms with Crippen LogP contribution < -0.4 is 5.73 Å². The van der Waals surface area contributed by atoms with Crippen molar-refractivity contribution in [3.63, 3.8) is 0 Å². The number of aliphatic hydroxyl groups is 1. The Kier molecular flexibility index (Phi) is 2.58. The van der Waals surface area contributed by atoms with E-state index >= 15 is 0 Å². The zero-order chi connectivity index (χ0) is 9.42. The third-order valence-corrected chi connectivity index (χ3v) is 3.67. The van der Waals surface area contributed by atoms with Gasteiger partial charge in [0.2, 0.25) is 0 Å². The Morgan fingerprint density at radius 1 is 1.54 bits per heavy atom. The summed E-state index contributed by atoms with van der Waals surface area (Å²) in [6.45, 7) is 3.37. The topological polar surface area (TPSA) is 49.5 Å². The van der Waals surface area contributed by atoms with Gasteiger partial charge in [-0.3, -0.25) is 4.90 Å². The van der Waals surface area contributed by atoms with E-state index in [1.807, 2.05) is 6.92 Å². The Morgan fingerprint density at radius 2 is 2.31 bits per heavy atom. The normalized spacial score (nSPS) is 38.1. The molecule has 3 nitrogen and oxygen atoms in total. The number of likely N-dealkylation sites (tertiary alicyclic amines) is 1. The largest absolute Gasteiger partial charge is 0.395 e. The molecule has 3 N–H and O–H groups in total. The van der Waals surface area contributed by atoms with Crippen LogP contribution in [0.5, 0.6) is 0 Å². The van der Waals surface area contributed by atoms with Crippen molar-refractivity contribution in [1.29, 1.82) is 0 Å². The predicted octanol–water partition coefficient (Wildman–Crippen LogP) is 0.179. The van der Waals surface area contributed by atoms with Crippen LogP contribution in [0.3, 0.4) is 0 Å². The lowest BCUT2D eigenvalue weighted by atomic mass is 10.0. The first-order valence-electron chi connectivity index (χ1n) is 5.34. The van der Waals surface area contributed by atoms with Gasteiger partial charge in [0.25, 0.3) is 0 Å². The zero-order valence-corrected chi connectivity index (χ0v) is 8.32. The number of nitrogens with two attached hydrogens (primary N) is 1. The highest BCUT2D eigenvalue weighted by Gasteiger charge is 2.41. The Morgan fingerprint density at radius 3 is 2.69 bits per heavy atom. The molecular formula is C10H20N2O. The molecule has 2 bridgehead atoms. The fraction of sp³-hybridized carbons (Fsp3) is 1.00. The standard InChI is InChI=1S/C10H20N2O/c1-7(11)10(6-13)12-5-8-2-3-9(12)4-8/h7-10,13H,2-6,11H2,1H3. The summed E-state index contributed by atoms with van der Waals surface area (Å²) < 4.78 is 0. The second kappa shape index (κ2) is 3.56. The lowest BCUT2D eigenvalue weighted by molar-refractivity contribution is 0.0811. The van der Waals surface area contributed by atoms with Crippen LogP contribution in [0.15, 0.2) is 0 Å². The van der Waals surface area contributed by atoms with Crippen molar-refractivity contribution in [2.24, 2.45) is 11.7 Å². The van der Waals surface area contributed by atoms with Gasteiger partial charge >= 0.3 is 0 Å². The molecule has 1 saturated carbocycles. The van der Waals surface area contributed by atoms with Crippen LogP contribution in [0.2, 0.25) is 0 Å². The zero-order valence-electron chi connectivity index (χ0n) is 8.32. The van der Waals surface area contributed by atoms with Gasteiger partial charge in [-0.15, -0.1) is 0 Å². The van der Waals surface area contributed by atoms with E-state index in [-0.39, 0.29) is 18.7 Å². The highest BCUT2D eigenvalue weighted by Crippen LogP contribution is 2.38. The minimum Gasteiger partial charge on any atom is -0.395 e. The first-order chi connectivity index (χ1) is 6.22. The molecule has 1 aliphatic heterocycles. The SMILES string of the molecule is CC(N)C(CO)N1CC2CCC1C2. The van der Waals surface area contributed by atoms with Gasteiger partial charge in [0.1, 0.15) is 0 Å². The van der Waals surface area contributed by atoms with Crippen LogP contribution in [-0.4, -0.2) is 41.3 Å². The van der Waals surface area contributed by atoms with E-state index in [4.69, 9.17) is 5.73 Å². The Hall–Kier alpha value is -0.120. The molecule has 0 amide bonds. The van der Waals surface area contributed by atoms with Crippen molar-refractivity contribution in [1.82, 2.24) is 4.90 Å². The molecule has 3 heteroatoms. The highest BCUT2D eigenvalue weighted by atomic mass is 16.3. The van der Waals surface area contributed by atoms with Crippen molar-refractivity contribution in [3.05, 3.63) is 0 Å². The number of rotatable bonds is 3. The monoisotopic (exact) mass is 184 g/mol. The molecule has 0 aromatic carbocycles. The second-order valence-electron chi connectivity index (χ2n) is 4.64. The molecule has 13 heavy (non-hydrogen) atoms. The molecule has 1 saturated heterocycles. The molecule has 2 fully saturated rings. The van der Waals surface area contributed by atoms with E-state index in [9.17, 15) is 5.11 Å². The van der Waals surface area contributed by atoms with Crippen molar-refractivity contribution >= 4 is 0 Å². The molecule has 0 spiro atoms. The minimum absolute atomic E-state index is 0.0874. The fourth-order valence-electron chi connectivity index (χ4n) is 2.94. The van der Waals surface area contributed by atoms with E-state index in [1.165, 1.54) is 19.3 Å². The Bertz CT molecular complexity index is 184. The van der Waals surface area contributed by atoms with E-state index in [0.29, 0.717) is 6.04 Å². The van der Waals surface area contributed by atoms with Gasteiger partial charge in [-0.1, -0.05) is 0 Å². The van der Waals surface area contributed by atoms with Gasteiger partial charge in [0, 0.05) is 24.7 Å². The maximum absolute atomic E-state index is 9.26. The smallest absolute Gasteiger partial charge is 0.0601 e. The summed E-state index contributed by atoms with van der Waals surface area (Å²) >= 11 is 0. The van der Waals surface area contributed by atoms with Crippen LogP contribution in [0.25, 0.3) is 0 Å². The summed E-state index contributed by atoms with van der Waals surface area (Å²) in [6.07, 6.45) is 4.04. The van der Waals surface area contributed by atoms with Crippen molar-refractivity contribution in [2.45, 2.75) is 44.3 Å². The average Bonchev–Trinajstić information content (AvgIpc) is 2.65. The van der Waals surface area contributed by atoms with E-state index in [1.54, 1.807) is 0 Å². The fourth-order valence-corrected chi connectivity index (χ4v) is 2.94. The molecule has 2 aliphatic rings. The van der Waals surface area contributed by atoms with Crippen molar-refractivity contribution in [3.8, 4) is 0 Å². The molecule has 1 heterocycles. The van der Waals surface area contributed by atoms with Crippen LogP contribution in [0, 0.1) is 5.92 Å². The van der Waals surface area contributed by atoms with Gasteiger partial charge in [-0.05, 0) is 32.1 Å². The first kappa shape index (κ1) is 9.44. The summed E-state index contributed by atoms with van der Waals surface area (Å²) in [5, 5.41) is 9.26. The lowest BCUT2D eigenvalue weighted by Gasteiger charge is -2.35. The molecule has 2 rings (SSSR count). The number of fused-ring (bicyclic) bond motifs is 2. The quantitative estimate of drug-likeness (QED) is 0.658. The number of hydrogen-bond acceptors (Lipinski definition) is 3. The molecule has 0 radical (unpaired) electrons. The van der Waals surface area contributed by atoms with Crippen molar-refractivity contribution in [2.75, 3.05) is 13.2 Å². The van der Waals surface area contributed by atoms with Gasteiger partial charge in [0.15, 0.2) is 0 Å². The predicted molar refractivity (Wildman–Crippen MR) is 52.4 cm³/mol. The minimum atomic E-state index is 0.0874. The van der Waals surface area contributed by atoms with Crippen LogP contribution in [0.4, 0.5) is 0 Å². The second-order valence-corrected chi connectivity index (χ2v) is 4.64. The molecule has 4 atom stereocenters. The first-order valence-corrected chi connectivity index (χ1v) is 5.34. The summed E-state index contributed by atoms with van der Waals surface area (Å²) in [5.41, 5.74) is 5.86. The summed E-state index contributed by atoms with van der Waals surface area (Å²) in [6, 6.07) is 0.993. The van der Waals surface area contributed by atoms with E-state index in [0.717, 1.165) is 12.5 Å². The summed E-state index contributed by atoms with van der Waals surface area (Å²) in [4.78, 5) is 2.43. The summed E-state index contributed by atoms with van der Waals surface area (Å²) in [7, 11) is 0. The highest BCUT2D eigenvalue weighted by molar-refractivity contribution is 4.96. The third kappa shape index (κ3) is 1.60. The van der Waals surface area contributed by atoms with Crippen LogP contribution in [-0.2, 0) is 0 Å². The number of aliphatic hydroxyl groups excluding tert-OH is 1. The lowest BCUT2D eigenvalue weighted by Crippen LogP contribution is -2.51. The van der Waals surface area contributed by atoms with Gasteiger partial charge < -0.3 is 10.8 Å². The molecule has 76 valence electrons. The molecular weight excluding hydrogens is 164 g/mol. The van der Waals surface area contributed by atoms with E-state index in [2.05, 4.69) is 4.90 Å². The maximum Gasteiger partial charge on any atom is 0.0601 e. The molecule has 1 aliphatic carbocycles. The van der Waals surface area contributed by atoms with Crippen LogP contribution in [0.1, 0.15) is 26.2 Å². The van der Waals surface area contributed by atoms with Gasteiger partial charge in [-0.25, -0.2) is 0 Å². The molecule has 0 aromatic heterocycles. The number of piperidine rings is 1. The number of hydrogen-bond donors (Lipinski definition) is 2. The molecule has 0 aromatic rings. The van der Waals surface area contributed by atoms with E-state index < -0.39 is 0 Å². The Balaban J connectivity index is 2.00. The molecule has 4 unspecified atom stereocenters.